The number of nitrogens with two attached hydrogens (primary N) is 2. The van der Waals surface area contributed by atoms with Crippen LogP contribution in [-0.2, 0) is 0 Å². The van der Waals surface area contributed by atoms with E-state index in [1.54, 1.807) is 11.3 Å². The zero-order chi connectivity index (χ0) is 14.1. The molecule has 0 fully saturated rings. The topological polar surface area (TPSA) is 64.1 Å². The number of nitrogens with one attached hydrogen (secondary N) is 1. The molecule has 1 unspecified atom stereocenters. The molecular formula is C15H14BrN3S. The summed E-state index contributed by atoms with van der Waals surface area (Å²) in [4.78, 5) is 0. The number of benzene rings is 2. The van der Waals surface area contributed by atoms with E-state index in [9.17, 15) is 0 Å². The summed E-state index contributed by atoms with van der Waals surface area (Å²) in [6.07, 6.45) is 0. The number of thiophene rings is 1. The summed E-state index contributed by atoms with van der Waals surface area (Å²) < 4.78 is 2.22. The van der Waals surface area contributed by atoms with Crippen molar-refractivity contribution in [2.75, 3.05) is 5.73 Å². The van der Waals surface area contributed by atoms with E-state index in [0.29, 0.717) is 0 Å². The van der Waals surface area contributed by atoms with Gasteiger partial charge in [-0.05, 0) is 46.2 Å². The van der Waals surface area contributed by atoms with Crippen molar-refractivity contribution >= 4 is 43.0 Å². The molecule has 0 aliphatic rings. The van der Waals surface area contributed by atoms with E-state index in [1.807, 2.05) is 24.3 Å². The Balaban J connectivity index is 2.19. The lowest BCUT2D eigenvalue weighted by Crippen LogP contribution is -2.29. The third-order valence-electron chi connectivity index (χ3n) is 3.35. The standard InChI is InChI=1S/C15H14BrN3S/c16-10-4-5-13(17)12(8-10)14(19-18)11-3-1-2-9-6-7-20-15(9)11/h1-8,14,19H,17-18H2. The fourth-order valence-electron chi connectivity index (χ4n) is 2.39. The van der Waals surface area contributed by atoms with Crippen molar-refractivity contribution in [2.45, 2.75) is 6.04 Å². The van der Waals surface area contributed by atoms with Gasteiger partial charge in [-0.2, -0.15) is 0 Å². The Morgan fingerprint density at radius 3 is 2.75 bits per heavy atom. The monoisotopic (exact) mass is 347 g/mol. The molecule has 3 nitrogen and oxygen atoms in total. The first-order chi connectivity index (χ1) is 9.70. The van der Waals surface area contributed by atoms with Crippen LogP contribution in [0.1, 0.15) is 17.2 Å². The van der Waals surface area contributed by atoms with Gasteiger partial charge >= 0.3 is 0 Å². The van der Waals surface area contributed by atoms with Crippen LogP contribution in [0.25, 0.3) is 10.1 Å². The summed E-state index contributed by atoms with van der Waals surface area (Å²) in [6, 6.07) is 14.0. The summed E-state index contributed by atoms with van der Waals surface area (Å²) in [7, 11) is 0. The molecule has 3 aromatic rings. The van der Waals surface area contributed by atoms with E-state index >= 15 is 0 Å². The van der Waals surface area contributed by atoms with E-state index < -0.39 is 0 Å². The second-order valence-corrected chi connectivity index (χ2v) is 6.39. The molecule has 102 valence electrons. The lowest BCUT2D eigenvalue weighted by atomic mass is 9.97. The number of hydrogen-bond acceptors (Lipinski definition) is 4. The maximum Gasteiger partial charge on any atom is 0.0744 e. The first kappa shape index (κ1) is 13.6. The largest absolute Gasteiger partial charge is 0.398 e. The van der Waals surface area contributed by atoms with Crippen LogP contribution in [0.5, 0.6) is 0 Å². The van der Waals surface area contributed by atoms with Gasteiger partial charge < -0.3 is 5.73 Å². The summed E-state index contributed by atoms with van der Waals surface area (Å²) in [5, 5.41) is 3.31. The molecule has 0 amide bonds. The van der Waals surface area contributed by atoms with Crippen LogP contribution < -0.4 is 17.0 Å². The second kappa shape index (κ2) is 5.54. The molecule has 0 aliphatic heterocycles. The van der Waals surface area contributed by atoms with Crippen molar-refractivity contribution in [3.05, 3.63) is 63.4 Å². The van der Waals surface area contributed by atoms with E-state index in [-0.39, 0.29) is 6.04 Å². The molecule has 5 heteroatoms. The summed E-state index contributed by atoms with van der Waals surface area (Å²) in [5.74, 6) is 5.80. The van der Waals surface area contributed by atoms with Crippen molar-refractivity contribution in [1.82, 2.24) is 5.43 Å². The summed E-state index contributed by atoms with van der Waals surface area (Å²) >= 11 is 5.20. The molecule has 0 radical (unpaired) electrons. The quantitative estimate of drug-likeness (QED) is 0.383. The Kier molecular flexibility index (Phi) is 3.76. The Morgan fingerprint density at radius 2 is 1.95 bits per heavy atom. The highest BCUT2D eigenvalue weighted by atomic mass is 79.9. The minimum atomic E-state index is -0.130. The number of hydrogen-bond donors (Lipinski definition) is 3. The maximum absolute atomic E-state index is 6.11. The predicted octanol–water partition coefficient (Wildman–Crippen LogP) is 3.80. The molecule has 1 atom stereocenters. The number of hydrazine groups is 1. The molecular weight excluding hydrogens is 334 g/mol. The zero-order valence-corrected chi connectivity index (χ0v) is 13.0. The zero-order valence-electron chi connectivity index (χ0n) is 10.6. The van der Waals surface area contributed by atoms with Crippen LogP contribution in [0, 0.1) is 0 Å². The van der Waals surface area contributed by atoms with E-state index in [1.165, 1.54) is 10.1 Å². The predicted molar refractivity (Wildman–Crippen MR) is 89.5 cm³/mol. The summed E-state index contributed by atoms with van der Waals surface area (Å²) in [6.45, 7) is 0. The normalized spacial score (nSPS) is 12.7. The second-order valence-electron chi connectivity index (χ2n) is 4.56. The number of nitrogen functional groups attached to an aromatic ring is 1. The van der Waals surface area contributed by atoms with E-state index in [0.717, 1.165) is 21.3 Å². The highest BCUT2D eigenvalue weighted by Gasteiger charge is 2.18. The van der Waals surface area contributed by atoms with Gasteiger partial charge in [0.05, 0.1) is 6.04 Å². The van der Waals surface area contributed by atoms with Gasteiger partial charge in [0, 0.05) is 14.9 Å². The van der Waals surface area contributed by atoms with Crippen LogP contribution in [0.4, 0.5) is 5.69 Å². The van der Waals surface area contributed by atoms with Crippen molar-refractivity contribution < 1.29 is 0 Å². The van der Waals surface area contributed by atoms with Crippen molar-refractivity contribution in [3.8, 4) is 0 Å². The van der Waals surface area contributed by atoms with Gasteiger partial charge in [0.25, 0.3) is 0 Å². The molecule has 1 aromatic heterocycles. The Bertz CT molecular complexity index is 754. The van der Waals surface area contributed by atoms with E-state index in [4.69, 9.17) is 11.6 Å². The smallest absolute Gasteiger partial charge is 0.0744 e. The van der Waals surface area contributed by atoms with Gasteiger partial charge in [-0.15, -0.1) is 11.3 Å². The molecule has 0 bridgehead atoms. The molecule has 20 heavy (non-hydrogen) atoms. The first-order valence-corrected chi connectivity index (χ1v) is 7.85. The minimum Gasteiger partial charge on any atom is -0.398 e. The molecule has 0 saturated heterocycles. The molecule has 2 aromatic carbocycles. The van der Waals surface area contributed by atoms with Crippen LogP contribution in [-0.4, -0.2) is 0 Å². The molecule has 0 spiro atoms. The van der Waals surface area contributed by atoms with Gasteiger partial charge in [0.15, 0.2) is 0 Å². The molecule has 3 rings (SSSR count). The van der Waals surface area contributed by atoms with Crippen LogP contribution in [0.15, 0.2) is 52.3 Å². The fraction of sp³-hybridized carbons (Fsp3) is 0.0667. The van der Waals surface area contributed by atoms with Crippen molar-refractivity contribution in [1.29, 1.82) is 0 Å². The van der Waals surface area contributed by atoms with Gasteiger partial charge in [0.1, 0.15) is 0 Å². The Hall–Kier alpha value is -1.40. The highest BCUT2D eigenvalue weighted by molar-refractivity contribution is 9.10. The third-order valence-corrected chi connectivity index (χ3v) is 4.82. The van der Waals surface area contributed by atoms with Gasteiger partial charge in [0.2, 0.25) is 0 Å². The molecule has 0 saturated carbocycles. The number of rotatable bonds is 3. The van der Waals surface area contributed by atoms with Crippen molar-refractivity contribution in [3.63, 3.8) is 0 Å². The van der Waals surface area contributed by atoms with Crippen LogP contribution in [0.2, 0.25) is 0 Å². The first-order valence-electron chi connectivity index (χ1n) is 6.18. The average molecular weight is 348 g/mol. The van der Waals surface area contributed by atoms with Crippen molar-refractivity contribution in [2.24, 2.45) is 5.84 Å². The fourth-order valence-corrected chi connectivity index (χ4v) is 3.71. The molecule has 5 N–H and O–H groups in total. The minimum absolute atomic E-state index is 0.130. The molecule has 0 aliphatic carbocycles. The van der Waals surface area contributed by atoms with E-state index in [2.05, 4.69) is 44.9 Å². The Labute approximate surface area is 129 Å². The third kappa shape index (κ3) is 2.33. The van der Waals surface area contributed by atoms with Crippen LogP contribution >= 0.6 is 27.3 Å². The number of anilines is 1. The average Bonchev–Trinajstić information content (AvgIpc) is 2.92. The highest BCUT2D eigenvalue weighted by Crippen LogP contribution is 2.34. The lowest BCUT2D eigenvalue weighted by Gasteiger charge is -2.20. The lowest BCUT2D eigenvalue weighted by molar-refractivity contribution is 0.643. The van der Waals surface area contributed by atoms with Gasteiger partial charge in [-0.25, -0.2) is 5.43 Å². The number of halogens is 1. The van der Waals surface area contributed by atoms with Crippen LogP contribution in [0.3, 0.4) is 0 Å². The SMILES string of the molecule is NNC(c1cc(Br)ccc1N)c1cccc2ccsc12. The van der Waals surface area contributed by atoms with Gasteiger partial charge in [-0.3, -0.25) is 5.84 Å². The van der Waals surface area contributed by atoms with Gasteiger partial charge in [-0.1, -0.05) is 34.1 Å². The number of fused-ring (bicyclic) bond motifs is 1. The summed E-state index contributed by atoms with van der Waals surface area (Å²) in [5.41, 5.74) is 11.8. The maximum atomic E-state index is 6.11. The molecule has 1 heterocycles. The Morgan fingerprint density at radius 1 is 1.10 bits per heavy atom.